The van der Waals surface area contributed by atoms with Crippen LogP contribution in [-0.2, 0) is 0 Å². The van der Waals surface area contributed by atoms with Crippen LogP contribution in [0.1, 0.15) is 27.2 Å². The summed E-state index contributed by atoms with van der Waals surface area (Å²) in [4.78, 5) is 4.71. The van der Waals surface area contributed by atoms with E-state index in [0.29, 0.717) is 12.1 Å². The van der Waals surface area contributed by atoms with Gasteiger partial charge < -0.3 is 9.80 Å². The van der Waals surface area contributed by atoms with Crippen molar-refractivity contribution in [1.82, 2.24) is 9.80 Å². The van der Waals surface area contributed by atoms with Gasteiger partial charge in [-0.05, 0) is 12.3 Å². The van der Waals surface area contributed by atoms with Crippen molar-refractivity contribution >= 4 is 0 Å². The Hall–Kier alpha value is -0.660. The number of hydrogen-bond acceptors (Lipinski definition) is 2. The van der Waals surface area contributed by atoms with Crippen molar-refractivity contribution in [1.29, 1.82) is 0 Å². The van der Waals surface area contributed by atoms with Crippen LogP contribution in [0.4, 0.5) is 0 Å². The zero-order valence-electron chi connectivity index (χ0n) is 8.62. The average molecular weight is 168 g/mol. The average Bonchev–Trinajstić information content (AvgIpc) is 2.32. The summed E-state index contributed by atoms with van der Waals surface area (Å²) in [5.74, 6) is 0.691. The molecule has 0 N–H and O–H groups in total. The predicted molar refractivity (Wildman–Crippen MR) is 52.5 cm³/mol. The Morgan fingerprint density at radius 2 is 2.00 bits per heavy atom. The lowest BCUT2D eigenvalue weighted by molar-refractivity contribution is 0.127. The first-order valence-corrected chi connectivity index (χ1v) is 4.82. The van der Waals surface area contributed by atoms with Crippen LogP contribution < -0.4 is 0 Å². The lowest BCUT2D eigenvalue weighted by Crippen LogP contribution is -2.40. The normalized spacial score (nSPS) is 22.9. The molecule has 1 aliphatic heterocycles. The third kappa shape index (κ3) is 1.74. The standard InChI is InChI=1S/C10H20N2/c1-5-6-12-8-7-11(4)10(12)9(2)3/h7-10H,5-6H2,1-4H3. The largest absolute Gasteiger partial charge is 0.359 e. The molecule has 0 bridgehead atoms. The molecule has 0 saturated heterocycles. The minimum atomic E-state index is 0.574. The summed E-state index contributed by atoms with van der Waals surface area (Å²) in [5.41, 5.74) is 0. The van der Waals surface area contributed by atoms with Crippen molar-refractivity contribution in [3.8, 4) is 0 Å². The first-order valence-electron chi connectivity index (χ1n) is 4.82. The van der Waals surface area contributed by atoms with Gasteiger partial charge in [0.1, 0.15) is 6.17 Å². The first-order chi connectivity index (χ1) is 5.66. The molecule has 0 aromatic rings. The topological polar surface area (TPSA) is 6.48 Å². The van der Waals surface area contributed by atoms with Crippen LogP contribution >= 0.6 is 0 Å². The van der Waals surface area contributed by atoms with Gasteiger partial charge in [-0.1, -0.05) is 20.8 Å². The highest BCUT2D eigenvalue weighted by Gasteiger charge is 2.25. The summed E-state index contributed by atoms with van der Waals surface area (Å²) in [5, 5.41) is 0. The molecular weight excluding hydrogens is 148 g/mol. The summed E-state index contributed by atoms with van der Waals surface area (Å²) < 4.78 is 0. The zero-order valence-corrected chi connectivity index (χ0v) is 8.62. The molecule has 1 heterocycles. The second kappa shape index (κ2) is 3.83. The Kier molecular flexibility index (Phi) is 3.01. The molecule has 2 heteroatoms. The summed E-state index contributed by atoms with van der Waals surface area (Å²) in [6.07, 6.45) is 6.17. The van der Waals surface area contributed by atoms with Crippen LogP contribution in [0.25, 0.3) is 0 Å². The van der Waals surface area contributed by atoms with Gasteiger partial charge in [-0.25, -0.2) is 0 Å². The van der Waals surface area contributed by atoms with E-state index in [9.17, 15) is 0 Å². The second-order valence-corrected chi connectivity index (χ2v) is 3.86. The van der Waals surface area contributed by atoms with Gasteiger partial charge in [0.25, 0.3) is 0 Å². The van der Waals surface area contributed by atoms with Gasteiger partial charge in [0, 0.05) is 26.0 Å². The lowest BCUT2D eigenvalue weighted by Gasteiger charge is -2.33. The van der Waals surface area contributed by atoms with Crippen molar-refractivity contribution in [2.24, 2.45) is 5.92 Å². The predicted octanol–water partition coefficient (Wildman–Crippen LogP) is 2.10. The van der Waals surface area contributed by atoms with Gasteiger partial charge in [0.2, 0.25) is 0 Å². The van der Waals surface area contributed by atoms with Gasteiger partial charge in [0.15, 0.2) is 0 Å². The van der Waals surface area contributed by atoms with E-state index in [1.807, 2.05) is 0 Å². The molecule has 1 atom stereocenters. The molecule has 2 nitrogen and oxygen atoms in total. The van der Waals surface area contributed by atoms with Crippen LogP contribution in [0.3, 0.4) is 0 Å². The van der Waals surface area contributed by atoms with Gasteiger partial charge >= 0.3 is 0 Å². The highest BCUT2D eigenvalue weighted by atomic mass is 15.4. The van der Waals surface area contributed by atoms with Gasteiger partial charge in [-0.2, -0.15) is 0 Å². The van der Waals surface area contributed by atoms with Crippen LogP contribution in [0.2, 0.25) is 0 Å². The highest BCUT2D eigenvalue weighted by Crippen LogP contribution is 2.20. The molecule has 1 aliphatic rings. The Morgan fingerprint density at radius 3 is 2.50 bits per heavy atom. The number of hydrogen-bond donors (Lipinski definition) is 0. The van der Waals surface area contributed by atoms with Crippen molar-refractivity contribution in [2.75, 3.05) is 13.6 Å². The maximum absolute atomic E-state index is 2.42. The molecule has 0 aromatic carbocycles. The van der Waals surface area contributed by atoms with E-state index < -0.39 is 0 Å². The number of nitrogens with zero attached hydrogens (tertiary/aromatic N) is 2. The molecular formula is C10H20N2. The molecule has 0 aromatic heterocycles. The Balaban J connectivity index is 2.56. The molecule has 1 unspecified atom stereocenters. The van der Waals surface area contributed by atoms with Crippen molar-refractivity contribution < 1.29 is 0 Å². The van der Waals surface area contributed by atoms with E-state index >= 15 is 0 Å². The van der Waals surface area contributed by atoms with Gasteiger partial charge in [-0.15, -0.1) is 0 Å². The second-order valence-electron chi connectivity index (χ2n) is 3.86. The van der Waals surface area contributed by atoms with Crippen molar-refractivity contribution in [2.45, 2.75) is 33.4 Å². The fourth-order valence-corrected chi connectivity index (χ4v) is 1.92. The minimum absolute atomic E-state index is 0.574. The molecule has 0 saturated carbocycles. The third-order valence-corrected chi connectivity index (χ3v) is 2.33. The molecule has 70 valence electrons. The van der Waals surface area contributed by atoms with Crippen molar-refractivity contribution in [3.63, 3.8) is 0 Å². The number of rotatable bonds is 3. The SMILES string of the molecule is CCCN1C=CN(C)C1C(C)C. The van der Waals surface area contributed by atoms with E-state index in [2.05, 4.69) is 50.0 Å². The quantitative estimate of drug-likeness (QED) is 0.636. The van der Waals surface area contributed by atoms with Crippen LogP contribution in [0.15, 0.2) is 12.4 Å². The molecule has 0 amide bonds. The highest BCUT2D eigenvalue weighted by molar-refractivity contribution is 4.96. The summed E-state index contributed by atoms with van der Waals surface area (Å²) in [7, 11) is 2.15. The Bertz CT molecular complexity index is 163. The van der Waals surface area contributed by atoms with Gasteiger partial charge in [0.05, 0.1) is 0 Å². The summed E-state index contributed by atoms with van der Waals surface area (Å²) in [6.45, 7) is 7.95. The monoisotopic (exact) mass is 168 g/mol. The summed E-state index contributed by atoms with van der Waals surface area (Å²) >= 11 is 0. The molecule has 0 radical (unpaired) electrons. The fraction of sp³-hybridized carbons (Fsp3) is 0.800. The molecule has 0 aliphatic carbocycles. The molecule has 12 heavy (non-hydrogen) atoms. The maximum atomic E-state index is 2.42. The smallest absolute Gasteiger partial charge is 0.103 e. The summed E-state index contributed by atoms with van der Waals surface area (Å²) in [6, 6.07) is 0. The van der Waals surface area contributed by atoms with E-state index in [1.165, 1.54) is 13.0 Å². The molecule has 0 fully saturated rings. The first kappa shape index (κ1) is 9.43. The van der Waals surface area contributed by atoms with Gasteiger partial charge in [-0.3, -0.25) is 0 Å². The van der Waals surface area contributed by atoms with E-state index in [-0.39, 0.29) is 0 Å². The molecule has 1 rings (SSSR count). The van der Waals surface area contributed by atoms with Crippen LogP contribution in [-0.4, -0.2) is 29.6 Å². The van der Waals surface area contributed by atoms with Crippen LogP contribution in [0, 0.1) is 5.92 Å². The third-order valence-electron chi connectivity index (χ3n) is 2.33. The van der Waals surface area contributed by atoms with E-state index in [4.69, 9.17) is 0 Å². The molecule has 0 spiro atoms. The Labute approximate surface area is 75.8 Å². The van der Waals surface area contributed by atoms with E-state index in [1.54, 1.807) is 0 Å². The van der Waals surface area contributed by atoms with Crippen LogP contribution in [0.5, 0.6) is 0 Å². The zero-order chi connectivity index (χ0) is 9.14. The van der Waals surface area contributed by atoms with Crippen molar-refractivity contribution in [3.05, 3.63) is 12.4 Å². The fourth-order valence-electron chi connectivity index (χ4n) is 1.92. The Morgan fingerprint density at radius 1 is 1.33 bits per heavy atom. The lowest BCUT2D eigenvalue weighted by atomic mass is 10.1. The maximum Gasteiger partial charge on any atom is 0.103 e. The van der Waals surface area contributed by atoms with E-state index in [0.717, 1.165) is 0 Å². The minimum Gasteiger partial charge on any atom is -0.359 e.